The maximum atomic E-state index is 5.95. The number of benzene rings is 2. The molecule has 0 bridgehead atoms. The Morgan fingerprint density at radius 1 is 1.14 bits per heavy atom. The Balaban J connectivity index is 1.83. The summed E-state index contributed by atoms with van der Waals surface area (Å²) in [7, 11) is 2.26. The predicted molar refractivity (Wildman–Crippen MR) is 90.3 cm³/mol. The van der Waals surface area contributed by atoms with Crippen molar-refractivity contribution in [3.05, 3.63) is 48.0 Å². The van der Waals surface area contributed by atoms with Crippen LogP contribution in [0, 0.1) is 5.92 Å². The quantitative estimate of drug-likeness (QED) is 0.919. The molecule has 0 aromatic heterocycles. The monoisotopic (exact) mass is 282 g/mol. The smallest absolute Gasteiger partial charge is 0.0320 e. The van der Waals surface area contributed by atoms with Crippen molar-refractivity contribution in [1.29, 1.82) is 0 Å². The van der Waals surface area contributed by atoms with E-state index in [1.807, 2.05) is 0 Å². The predicted octanol–water partition coefficient (Wildman–Crippen LogP) is 3.96. The SMILES string of the molecule is CC(c1ccc2ccccc2c1)N(C)C1CCCC1CN. The second-order valence-electron chi connectivity index (χ2n) is 6.44. The van der Waals surface area contributed by atoms with E-state index in [0.717, 1.165) is 6.54 Å². The average molecular weight is 282 g/mol. The van der Waals surface area contributed by atoms with Crippen LogP contribution in [0.3, 0.4) is 0 Å². The van der Waals surface area contributed by atoms with Crippen LogP contribution in [0.15, 0.2) is 42.5 Å². The molecule has 3 atom stereocenters. The topological polar surface area (TPSA) is 29.3 Å². The average Bonchev–Trinajstić information content (AvgIpc) is 3.01. The fraction of sp³-hybridized carbons (Fsp3) is 0.474. The summed E-state index contributed by atoms with van der Waals surface area (Å²) in [6.07, 6.45) is 3.90. The third-order valence-electron chi connectivity index (χ3n) is 5.31. The van der Waals surface area contributed by atoms with E-state index in [-0.39, 0.29) is 0 Å². The molecule has 112 valence electrons. The molecule has 2 heteroatoms. The second-order valence-corrected chi connectivity index (χ2v) is 6.44. The van der Waals surface area contributed by atoms with Crippen LogP contribution in [0.1, 0.15) is 37.8 Å². The number of nitrogens with zero attached hydrogens (tertiary/aromatic N) is 1. The van der Waals surface area contributed by atoms with Crippen LogP contribution in [0.2, 0.25) is 0 Å². The first-order chi connectivity index (χ1) is 10.2. The molecule has 0 aliphatic heterocycles. The number of hydrogen-bond acceptors (Lipinski definition) is 2. The van der Waals surface area contributed by atoms with E-state index in [2.05, 4.69) is 61.3 Å². The molecular formula is C19H26N2. The van der Waals surface area contributed by atoms with Crippen LogP contribution in [0.5, 0.6) is 0 Å². The van der Waals surface area contributed by atoms with E-state index < -0.39 is 0 Å². The molecule has 0 amide bonds. The normalized spacial score (nSPS) is 23.8. The molecule has 2 N–H and O–H groups in total. The van der Waals surface area contributed by atoms with Crippen molar-refractivity contribution in [1.82, 2.24) is 4.90 Å². The van der Waals surface area contributed by atoms with Crippen molar-refractivity contribution in [2.75, 3.05) is 13.6 Å². The summed E-state index contributed by atoms with van der Waals surface area (Å²) < 4.78 is 0. The molecule has 3 unspecified atom stereocenters. The van der Waals surface area contributed by atoms with Crippen LogP contribution in [-0.2, 0) is 0 Å². The van der Waals surface area contributed by atoms with Gasteiger partial charge in [0.2, 0.25) is 0 Å². The molecule has 0 saturated heterocycles. The van der Waals surface area contributed by atoms with Crippen molar-refractivity contribution >= 4 is 10.8 Å². The van der Waals surface area contributed by atoms with Gasteiger partial charge in [0.05, 0.1) is 0 Å². The van der Waals surface area contributed by atoms with Gasteiger partial charge in [0, 0.05) is 12.1 Å². The highest BCUT2D eigenvalue weighted by atomic mass is 15.2. The number of fused-ring (bicyclic) bond motifs is 1. The summed E-state index contributed by atoms with van der Waals surface area (Å²) in [5, 5.41) is 2.65. The minimum atomic E-state index is 0.437. The van der Waals surface area contributed by atoms with Gasteiger partial charge < -0.3 is 5.73 Å². The van der Waals surface area contributed by atoms with Gasteiger partial charge in [-0.2, -0.15) is 0 Å². The van der Waals surface area contributed by atoms with Crippen LogP contribution < -0.4 is 5.73 Å². The Morgan fingerprint density at radius 3 is 2.67 bits per heavy atom. The van der Waals surface area contributed by atoms with Gasteiger partial charge in [-0.25, -0.2) is 0 Å². The van der Waals surface area contributed by atoms with Crippen LogP contribution in [-0.4, -0.2) is 24.5 Å². The molecule has 2 aromatic rings. The first kappa shape index (κ1) is 14.6. The molecule has 2 aromatic carbocycles. The van der Waals surface area contributed by atoms with Crippen molar-refractivity contribution in [3.8, 4) is 0 Å². The standard InChI is InChI=1S/C19H26N2/c1-14(21(2)19-9-5-8-18(19)13-20)16-11-10-15-6-3-4-7-17(15)12-16/h3-4,6-7,10-12,14,18-19H,5,8-9,13,20H2,1-2H3. The zero-order valence-corrected chi connectivity index (χ0v) is 13.1. The Morgan fingerprint density at radius 2 is 1.90 bits per heavy atom. The Hall–Kier alpha value is -1.38. The summed E-state index contributed by atoms with van der Waals surface area (Å²) in [6.45, 7) is 3.13. The lowest BCUT2D eigenvalue weighted by Gasteiger charge is -2.34. The highest BCUT2D eigenvalue weighted by Gasteiger charge is 2.31. The van der Waals surface area contributed by atoms with E-state index in [1.54, 1.807) is 0 Å². The summed E-state index contributed by atoms with van der Waals surface area (Å²) in [5.41, 5.74) is 7.35. The lowest BCUT2D eigenvalue weighted by atomic mass is 9.97. The summed E-state index contributed by atoms with van der Waals surface area (Å²) in [5.74, 6) is 0.665. The maximum absolute atomic E-state index is 5.95. The number of hydrogen-bond donors (Lipinski definition) is 1. The Kier molecular flexibility index (Phi) is 4.27. The van der Waals surface area contributed by atoms with Crippen molar-refractivity contribution < 1.29 is 0 Å². The van der Waals surface area contributed by atoms with Crippen LogP contribution >= 0.6 is 0 Å². The van der Waals surface area contributed by atoms with E-state index in [0.29, 0.717) is 18.0 Å². The highest BCUT2D eigenvalue weighted by molar-refractivity contribution is 5.83. The molecule has 0 spiro atoms. The molecule has 1 aliphatic rings. The lowest BCUT2D eigenvalue weighted by Crippen LogP contribution is -2.39. The molecule has 21 heavy (non-hydrogen) atoms. The lowest BCUT2D eigenvalue weighted by molar-refractivity contribution is 0.152. The van der Waals surface area contributed by atoms with Gasteiger partial charge in [0.1, 0.15) is 0 Å². The first-order valence-corrected chi connectivity index (χ1v) is 8.11. The van der Waals surface area contributed by atoms with Crippen LogP contribution in [0.25, 0.3) is 10.8 Å². The molecule has 0 radical (unpaired) electrons. The third kappa shape index (κ3) is 2.83. The Bertz CT molecular complexity index is 607. The van der Waals surface area contributed by atoms with Gasteiger partial charge in [-0.3, -0.25) is 4.90 Å². The highest BCUT2D eigenvalue weighted by Crippen LogP contribution is 2.34. The zero-order valence-electron chi connectivity index (χ0n) is 13.1. The van der Waals surface area contributed by atoms with Crippen molar-refractivity contribution in [2.24, 2.45) is 11.7 Å². The van der Waals surface area contributed by atoms with Gasteiger partial charge in [-0.1, -0.05) is 42.8 Å². The van der Waals surface area contributed by atoms with E-state index in [1.165, 1.54) is 35.6 Å². The van der Waals surface area contributed by atoms with Crippen LogP contribution in [0.4, 0.5) is 0 Å². The van der Waals surface area contributed by atoms with Crippen molar-refractivity contribution in [2.45, 2.75) is 38.3 Å². The summed E-state index contributed by atoms with van der Waals surface area (Å²) in [6, 6.07) is 16.5. The van der Waals surface area contributed by atoms with Gasteiger partial charge >= 0.3 is 0 Å². The third-order valence-corrected chi connectivity index (χ3v) is 5.31. The van der Waals surface area contributed by atoms with Crippen molar-refractivity contribution in [3.63, 3.8) is 0 Å². The van der Waals surface area contributed by atoms with Gasteiger partial charge in [0.15, 0.2) is 0 Å². The minimum absolute atomic E-state index is 0.437. The first-order valence-electron chi connectivity index (χ1n) is 8.11. The molecule has 1 saturated carbocycles. The van der Waals surface area contributed by atoms with E-state index in [4.69, 9.17) is 5.73 Å². The van der Waals surface area contributed by atoms with E-state index in [9.17, 15) is 0 Å². The fourth-order valence-electron chi connectivity index (χ4n) is 3.82. The molecular weight excluding hydrogens is 256 g/mol. The summed E-state index contributed by atoms with van der Waals surface area (Å²) >= 11 is 0. The maximum Gasteiger partial charge on any atom is 0.0320 e. The molecule has 1 fully saturated rings. The van der Waals surface area contributed by atoms with Gasteiger partial charge in [-0.05, 0) is 61.7 Å². The molecule has 1 aliphatic carbocycles. The molecule has 0 heterocycles. The Labute approximate surface area is 127 Å². The number of rotatable bonds is 4. The molecule has 3 rings (SSSR count). The molecule has 2 nitrogen and oxygen atoms in total. The van der Waals surface area contributed by atoms with Gasteiger partial charge in [0.25, 0.3) is 0 Å². The minimum Gasteiger partial charge on any atom is -0.330 e. The zero-order chi connectivity index (χ0) is 14.8. The summed E-state index contributed by atoms with van der Waals surface area (Å²) in [4.78, 5) is 2.54. The number of nitrogens with two attached hydrogens (primary N) is 1. The fourth-order valence-corrected chi connectivity index (χ4v) is 3.82. The largest absolute Gasteiger partial charge is 0.330 e. The van der Waals surface area contributed by atoms with E-state index >= 15 is 0 Å². The second kappa shape index (κ2) is 6.17. The van der Waals surface area contributed by atoms with Gasteiger partial charge in [-0.15, -0.1) is 0 Å².